The van der Waals surface area contributed by atoms with Crippen LogP contribution in [-0.4, -0.2) is 19.8 Å². The summed E-state index contributed by atoms with van der Waals surface area (Å²) >= 11 is 3.62. The molecule has 2 unspecified atom stereocenters. The van der Waals surface area contributed by atoms with Crippen LogP contribution in [-0.2, 0) is 10.0 Å². The molecule has 1 aromatic rings. The number of hydrogen-bond donors (Lipinski definition) is 1. The Morgan fingerprint density at radius 2 is 2.05 bits per heavy atom. The van der Waals surface area contributed by atoms with Crippen molar-refractivity contribution in [2.75, 3.05) is 6.54 Å². The Morgan fingerprint density at radius 1 is 1.32 bits per heavy atom. The van der Waals surface area contributed by atoms with Gasteiger partial charge in [-0.15, -0.1) is 0 Å². The second kappa shape index (κ2) is 5.94. The maximum atomic E-state index is 12.3. The molecule has 3 nitrogen and oxygen atoms in total. The molecule has 19 heavy (non-hydrogen) atoms. The van der Waals surface area contributed by atoms with E-state index in [0.717, 1.165) is 24.0 Å². The second-order valence-electron chi connectivity index (χ2n) is 5.33. The van der Waals surface area contributed by atoms with E-state index in [-0.39, 0.29) is 0 Å². The van der Waals surface area contributed by atoms with Crippen LogP contribution in [0.5, 0.6) is 0 Å². The van der Waals surface area contributed by atoms with E-state index >= 15 is 0 Å². The van der Waals surface area contributed by atoms with Gasteiger partial charge in [0.25, 0.3) is 0 Å². The molecule has 1 saturated carbocycles. The van der Waals surface area contributed by atoms with Crippen molar-refractivity contribution in [2.45, 2.75) is 42.8 Å². The molecule has 0 spiro atoms. The molecule has 2 atom stereocenters. The number of benzene rings is 1. The largest absolute Gasteiger partial charge is 0.240 e. The van der Waals surface area contributed by atoms with E-state index in [1.807, 2.05) is 26.0 Å². The van der Waals surface area contributed by atoms with Crippen molar-refractivity contribution in [2.24, 2.45) is 5.92 Å². The van der Waals surface area contributed by atoms with Crippen molar-refractivity contribution >= 4 is 26.0 Å². The van der Waals surface area contributed by atoms with Gasteiger partial charge in [-0.25, -0.2) is 13.1 Å². The minimum Gasteiger partial charge on any atom is -0.211 e. The smallest absolute Gasteiger partial charge is 0.211 e. The van der Waals surface area contributed by atoms with Crippen molar-refractivity contribution < 1.29 is 8.42 Å². The van der Waals surface area contributed by atoms with Crippen molar-refractivity contribution in [3.63, 3.8) is 0 Å². The van der Waals surface area contributed by atoms with Gasteiger partial charge in [0, 0.05) is 11.4 Å². The zero-order valence-corrected chi connectivity index (χ0v) is 13.7. The molecule has 0 radical (unpaired) electrons. The molecular formula is C14H20BrNO2S. The molecule has 0 aliphatic heterocycles. The second-order valence-corrected chi connectivity index (χ2v) is 8.24. The third-order valence-electron chi connectivity index (χ3n) is 3.72. The average molecular weight is 346 g/mol. The lowest BCUT2D eigenvalue weighted by Crippen LogP contribution is -2.31. The highest BCUT2D eigenvalue weighted by Crippen LogP contribution is 2.31. The van der Waals surface area contributed by atoms with Crippen LogP contribution >= 0.6 is 15.9 Å². The summed E-state index contributed by atoms with van der Waals surface area (Å²) in [5.41, 5.74) is 1.88. The van der Waals surface area contributed by atoms with E-state index in [4.69, 9.17) is 0 Å². The zero-order valence-electron chi connectivity index (χ0n) is 11.3. The van der Waals surface area contributed by atoms with Crippen molar-refractivity contribution in [1.29, 1.82) is 0 Å². The molecule has 5 heteroatoms. The topological polar surface area (TPSA) is 46.2 Å². The molecule has 0 amide bonds. The lowest BCUT2D eigenvalue weighted by atomic mass is 10.1. The van der Waals surface area contributed by atoms with Crippen LogP contribution in [0.3, 0.4) is 0 Å². The fourth-order valence-corrected chi connectivity index (χ4v) is 4.71. The molecule has 2 rings (SSSR count). The maximum Gasteiger partial charge on any atom is 0.240 e. The monoisotopic (exact) mass is 345 g/mol. The average Bonchev–Trinajstić information content (AvgIpc) is 2.72. The van der Waals surface area contributed by atoms with Gasteiger partial charge in [-0.05, 0) is 44.2 Å². The first-order valence-corrected chi connectivity index (χ1v) is 9.01. The van der Waals surface area contributed by atoms with Gasteiger partial charge in [-0.1, -0.05) is 40.0 Å². The number of nitrogens with one attached hydrogen (secondary N) is 1. The Kier molecular flexibility index (Phi) is 4.69. The maximum absolute atomic E-state index is 12.3. The third-order valence-corrected chi connectivity index (χ3v) is 6.51. The molecule has 1 aliphatic rings. The summed E-state index contributed by atoms with van der Waals surface area (Å²) in [5.74, 6) is 0.403. The Hall–Kier alpha value is -0.390. The number of alkyl halides is 1. The first-order chi connectivity index (χ1) is 8.90. The van der Waals surface area contributed by atoms with E-state index in [2.05, 4.69) is 20.7 Å². The van der Waals surface area contributed by atoms with Crippen molar-refractivity contribution in [3.8, 4) is 0 Å². The highest BCUT2D eigenvalue weighted by molar-refractivity contribution is 9.09. The Bertz CT molecular complexity index is 557. The molecular weight excluding hydrogens is 326 g/mol. The molecule has 1 N–H and O–H groups in total. The van der Waals surface area contributed by atoms with Gasteiger partial charge in [0.2, 0.25) is 10.0 Å². The van der Waals surface area contributed by atoms with Crippen LogP contribution in [0.2, 0.25) is 0 Å². The van der Waals surface area contributed by atoms with Crippen LogP contribution in [0.15, 0.2) is 23.1 Å². The normalized spacial score (nSPS) is 23.7. The number of halogens is 1. The number of hydrogen-bond acceptors (Lipinski definition) is 2. The highest BCUT2D eigenvalue weighted by Gasteiger charge is 2.27. The molecule has 1 aliphatic carbocycles. The van der Waals surface area contributed by atoms with E-state index in [0.29, 0.717) is 22.2 Å². The van der Waals surface area contributed by atoms with Crippen LogP contribution < -0.4 is 4.72 Å². The van der Waals surface area contributed by atoms with Crippen LogP contribution in [0.4, 0.5) is 0 Å². The van der Waals surface area contributed by atoms with Crippen molar-refractivity contribution in [1.82, 2.24) is 4.72 Å². The highest BCUT2D eigenvalue weighted by atomic mass is 79.9. The quantitative estimate of drug-likeness (QED) is 0.852. The van der Waals surface area contributed by atoms with Gasteiger partial charge in [0.15, 0.2) is 0 Å². The summed E-state index contributed by atoms with van der Waals surface area (Å²) in [6.07, 6.45) is 3.40. The zero-order chi connectivity index (χ0) is 14.0. The summed E-state index contributed by atoms with van der Waals surface area (Å²) in [5, 5.41) is 0. The first kappa shape index (κ1) is 15.0. The summed E-state index contributed by atoms with van der Waals surface area (Å²) < 4.78 is 27.4. The molecule has 0 saturated heterocycles. The SMILES string of the molecule is Cc1ccc(S(=O)(=O)NCC2CCCC2Br)c(C)c1. The standard InChI is InChI=1S/C14H20BrNO2S/c1-10-6-7-14(11(2)8-10)19(17,18)16-9-12-4-3-5-13(12)15/h6-8,12-13,16H,3-5,9H2,1-2H3. The van der Waals surface area contributed by atoms with Gasteiger partial charge in [-0.2, -0.15) is 0 Å². The van der Waals surface area contributed by atoms with Gasteiger partial charge in [0.05, 0.1) is 4.90 Å². The van der Waals surface area contributed by atoms with Gasteiger partial charge in [-0.3, -0.25) is 0 Å². The summed E-state index contributed by atoms with van der Waals surface area (Å²) in [7, 11) is -3.39. The van der Waals surface area contributed by atoms with Crippen LogP contribution in [0, 0.1) is 19.8 Å². The van der Waals surface area contributed by atoms with Crippen LogP contribution in [0.25, 0.3) is 0 Å². The van der Waals surface area contributed by atoms with Gasteiger partial charge < -0.3 is 0 Å². The Morgan fingerprint density at radius 3 is 2.63 bits per heavy atom. The van der Waals surface area contributed by atoms with E-state index in [1.165, 1.54) is 6.42 Å². The summed E-state index contributed by atoms with van der Waals surface area (Å²) in [6.45, 7) is 4.32. The molecule has 0 bridgehead atoms. The number of aryl methyl sites for hydroxylation is 2. The van der Waals surface area contributed by atoms with E-state index in [1.54, 1.807) is 6.07 Å². The van der Waals surface area contributed by atoms with Gasteiger partial charge in [0.1, 0.15) is 0 Å². The summed E-state index contributed by atoms with van der Waals surface area (Å²) in [6, 6.07) is 5.43. The molecule has 0 heterocycles. The third kappa shape index (κ3) is 3.58. The minimum atomic E-state index is -3.39. The predicted molar refractivity (Wildman–Crippen MR) is 81.2 cm³/mol. The van der Waals surface area contributed by atoms with E-state index < -0.39 is 10.0 Å². The molecule has 0 aromatic heterocycles. The number of sulfonamides is 1. The fourth-order valence-electron chi connectivity index (χ4n) is 2.62. The lowest BCUT2D eigenvalue weighted by molar-refractivity contribution is 0.529. The van der Waals surface area contributed by atoms with Gasteiger partial charge >= 0.3 is 0 Å². The number of rotatable bonds is 4. The predicted octanol–water partition coefficient (Wildman–Crippen LogP) is 3.15. The van der Waals surface area contributed by atoms with Crippen LogP contribution in [0.1, 0.15) is 30.4 Å². The Balaban J connectivity index is 2.09. The first-order valence-electron chi connectivity index (χ1n) is 6.61. The molecule has 106 valence electrons. The molecule has 1 fully saturated rings. The molecule has 1 aromatic carbocycles. The lowest BCUT2D eigenvalue weighted by Gasteiger charge is -2.16. The minimum absolute atomic E-state index is 0.391. The van der Waals surface area contributed by atoms with Crippen molar-refractivity contribution in [3.05, 3.63) is 29.3 Å². The Labute approximate surface area is 124 Å². The summed E-state index contributed by atoms with van der Waals surface area (Å²) in [4.78, 5) is 0.830. The van der Waals surface area contributed by atoms with E-state index in [9.17, 15) is 8.42 Å². The fraction of sp³-hybridized carbons (Fsp3) is 0.571.